The van der Waals surface area contributed by atoms with Crippen LogP contribution in [0.15, 0.2) is 18.3 Å². The Labute approximate surface area is 107 Å². The van der Waals surface area contributed by atoms with E-state index in [9.17, 15) is 4.79 Å². The molecular weight excluding hydrogens is 230 g/mol. The number of amides is 1. The number of hydrogen-bond donors (Lipinski definition) is 2. The first-order valence-corrected chi connectivity index (χ1v) is 6.33. The summed E-state index contributed by atoms with van der Waals surface area (Å²) in [6.07, 6.45) is 5.37. The van der Waals surface area contributed by atoms with Crippen molar-refractivity contribution in [3.05, 3.63) is 18.3 Å². The molecule has 0 saturated carbocycles. The van der Waals surface area contributed by atoms with E-state index in [1.54, 1.807) is 13.2 Å². The van der Waals surface area contributed by atoms with Gasteiger partial charge in [0.05, 0.1) is 24.4 Å². The van der Waals surface area contributed by atoms with Crippen LogP contribution in [0.5, 0.6) is 0 Å². The number of ether oxygens (including phenoxy) is 1. The maximum atomic E-state index is 11.8. The molecule has 0 aromatic carbocycles. The lowest BCUT2D eigenvalue weighted by Gasteiger charge is -2.21. The molecule has 2 N–H and O–H groups in total. The van der Waals surface area contributed by atoms with Crippen LogP contribution < -0.4 is 10.6 Å². The lowest BCUT2D eigenvalue weighted by Crippen LogP contribution is -2.25. The van der Waals surface area contributed by atoms with Gasteiger partial charge in [0, 0.05) is 13.7 Å². The molecule has 1 aliphatic heterocycles. The van der Waals surface area contributed by atoms with Crippen molar-refractivity contribution < 1.29 is 9.53 Å². The summed E-state index contributed by atoms with van der Waals surface area (Å²) in [5, 5.41) is 5.76. The SMILES string of the molecule is CNc1ccc(NC(=O)CC2CCCCO2)cn1. The van der Waals surface area contributed by atoms with E-state index in [0.717, 1.165) is 37.4 Å². The third-order valence-corrected chi connectivity index (χ3v) is 2.99. The summed E-state index contributed by atoms with van der Waals surface area (Å²) in [6, 6.07) is 3.66. The third kappa shape index (κ3) is 3.70. The van der Waals surface area contributed by atoms with E-state index in [2.05, 4.69) is 15.6 Å². The standard InChI is InChI=1S/C13H19N3O2/c1-14-12-6-5-10(9-15-12)16-13(17)8-11-4-2-3-7-18-11/h5-6,9,11H,2-4,7-8H2,1H3,(H,14,15)(H,16,17). The van der Waals surface area contributed by atoms with Gasteiger partial charge in [0.15, 0.2) is 0 Å². The summed E-state index contributed by atoms with van der Waals surface area (Å²) in [7, 11) is 1.81. The zero-order chi connectivity index (χ0) is 12.8. The van der Waals surface area contributed by atoms with Crippen molar-refractivity contribution in [1.29, 1.82) is 0 Å². The molecule has 5 heteroatoms. The molecule has 18 heavy (non-hydrogen) atoms. The van der Waals surface area contributed by atoms with Crippen molar-refractivity contribution in [1.82, 2.24) is 4.98 Å². The van der Waals surface area contributed by atoms with Crippen LogP contribution in [0.1, 0.15) is 25.7 Å². The first kappa shape index (κ1) is 12.8. The van der Waals surface area contributed by atoms with Gasteiger partial charge in [0.25, 0.3) is 0 Å². The van der Waals surface area contributed by atoms with Crippen molar-refractivity contribution in [2.24, 2.45) is 0 Å². The molecule has 0 bridgehead atoms. The quantitative estimate of drug-likeness (QED) is 0.857. The molecule has 98 valence electrons. The van der Waals surface area contributed by atoms with Gasteiger partial charge in [-0.1, -0.05) is 0 Å². The van der Waals surface area contributed by atoms with Gasteiger partial charge in [-0.15, -0.1) is 0 Å². The van der Waals surface area contributed by atoms with Gasteiger partial charge in [-0.25, -0.2) is 4.98 Å². The van der Waals surface area contributed by atoms with Gasteiger partial charge >= 0.3 is 0 Å². The molecule has 1 amide bonds. The van der Waals surface area contributed by atoms with Crippen molar-refractivity contribution in [2.75, 3.05) is 24.3 Å². The fourth-order valence-electron chi connectivity index (χ4n) is 2.00. The smallest absolute Gasteiger partial charge is 0.227 e. The topological polar surface area (TPSA) is 63.2 Å². The summed E-state index contributed by atoms with van der Waals surface area (Å²) in [5.41, 5.74) is 0.717. The highest BCUT2D eigenvalue weighted by Gasteiger charge is 2.17. The molecule has 0 spiro atoms. The number of nitrogens with zero attached hydrogens (tertiary/aromatic N) is 1. The van der Waals surface area contributed by atoms with Crippen LogP contribution in [0.2, 0.25) is 0 Å². The van der Waals surface area contributed by atoms with Crippen LogP contribution in [-0.4, -0.2) is 30.6 Å². The first-order chi connectivity index (χ1) is 8.78. The van der Waals surface area contributed by atoms with Gasteiger partial charge in [0.2, 0.25) is 5.91 Å². The van der Waals surface area contributed by atoms with Gasteiger partial charge < -0.3 is 15.4 Å². The fourth-order valence-corrected chi connectivity index (χ4v) is 2.00. The van der Waals surface area contributed by atoms with Gasteiger partial charge in [0.1, 0.15) is 5.82 Å². The minimum absolute atomic E-state index is 0.0130. The molecule has 2 rings (SSSR count). The molecule has 1 aromatic heterocycles. The molecular formula is C13H19N3O2. The Hall–Kier alpha value is -1.62. The van der Waals surface area contributed by atoms with Crippen LogP contribution in [-0.2, 0) is 9.53 Å². The second kappa shape index (κ2) is 6.35. The van der Waals surface area contributed by atoms with Gasteiger partial charge in [-0.3, -0.25) is 4.79 Å². The van der Waals surface area contributed by atoms with Crippen molar-refractivity contribution >= 4 is 17.4 Å². The number of rotatable bonds is 4. The van der Waals surface area contributed by atoms with E-state index < -0.39 is 0 Å². The van der Waals surface area contributed by atoms with Gasteiger partial charge in [-0.05, 0) is 31.4 Å². The highest BCUT2D eigenvalue weighted by Crippen LogP contribution is 2.16. The molecule has 1 atom stereocenters. The minimum atomic E-state index is -0.0130. The van der Waals surface area contributed by atoms with E-state index in [-0.39, 0.29) is 12.0 Å². The Balaban J connectivity index is 1.82. The molecule has 1 fully saturated rings. The second-order valence-electron chi connectivity index (χ2n) is 4.42. The molecule has 1 aromatic rings. The van der Waals surface area contributed by atoms with Crippen LogP contribution >= 0.6 is 0 Å². The summed E-state index contributed by atoms with van der Waals surface area (Å²) in [5.74, 6) is 0.768. The highest BCUT2D eigenvalue weighted by molar-refractivity contribution is 5.90. The lowest BCUT2D eigenvalue weighted by molar-refractivity contribution is -0.119. The Morgan fingerprint density at radius 1 is 1.50 bits per heavy atom. The number of anilines is 2. The molecule has 0 aliphatic carbocycles. The summed E-state index contributed by atoms with van der Waals surface area (Å²) in [4.78, 5) is 15.9. The van der Waals surface area contributed by atoms with E-state index in [1.807, 2.05) is 12.1 Å². The zero-order valence-corrected chi connectivity index (χ0v) is 10.6. The molecule has 1 saturated heterocycles. The fraction of sp³-hybridized carbons (Fsp3) is 0.538. The normalized spacial score (nSPS) is 19.3. The van der Waals surface area contributed by atoms with E-state index >= 15 is 0 Å². The average Bonchev–Trinajstić information content (AvgIpc) is 2.40. The summed E-state index contributed by atoms with van der Waals surface area (Å²) < 4.78 is 5.54. The molecule has 2 heterocycles. The summed E-state index contributed by atoms with van der Waals surface area (Å²) in [6.45, 7) is 0.774. The van der Waals surface area contributed by atoms with Crippen LogP contribution in [0.25, 0.3) is 0 Å². The number of nitrogens with one attached hydrogen (secondary N) is 2. The monoisotopic (exact) mass is 249 g/mol. The van der Waals surface area contributed by atoms with Crippen molar-refractivity contribution in [2.45, 2.75) is 31.8 Å². The highest BCUT2D eigenvalue weighted by atomic mass is 16.5. The predicted octanol–water partition coefficient (Wildman–Crippen LogP) is 2.02. The summed E-state index contributed by atoms with van der Waals surface area (Å²) >= 11 is 0. The number of carbonyl (C=O) groups is 1. The average molecular weight is 249 g/mol. The van der Waals surface area contributed by atoms with Crippen LogP contribution in [0.3, 0.4) is 0 Å². The molecule has 1 aliphatic rings. The molecule has 0 radical (unpaired) electrons. The molecule has 5 nitrogen and oxygen atoms in total. The van der Waals surface area contributed by atoms with E-state index in [1.165, 1.54) is 0 Å². The Morgan fingerprint density at radius 3 is 3.00 bits per heavy atom. The largest absolute Gasteiger partial charge is 0.378 e. The first-order valence-electron chi connectivity index (χ1n) is 6.33. The Kier molecular flexibility index (Phi) is 4.52. The van der Waals surface area contributed by atoms with E-state index in [0.29, 0.717) is 6.42 Å². The minimum Gasteiger partial charge on any atom is -0.378 e. The Morgan fingerprint density at radius 2 is 2.39 bits per heavy atom. The Bertz CT molecular complexity index is 386. The molecule has 1 unspecified atom stereocenters. The van der Waals surface area contributed by atoms with Crippen molar-refractivity contribution in [3.63, 3.8) is 0 Å². The van der Waals surface area contributed by atoms with Crippen LogP contribution in [0.4, 0.5) is 11.5 Å². The third-order valence-electron chi connectivity index (χ3n) is 2.99. The lowest BCUT2D eigenvalue weighted by atomic mass is 10.1. The van der Waals surface area contributed by atoms with Crippen LogP contribution in [0, 0.1) is 0 Å². The maximum absolute atomic E-state index is 11.8. The zero-order valence-electron chi connectivity index (χ0n) is 10.6. The predicted molar refractivity (Wildman–Crippen MR) is 70.6 cm³/mol. The number of aromatic nitrogens is 1. The van der Waals surface area contributed by atoms with Gasteiger partial charge in [-0.2, -0.15) is 0 Å². The number of pyridine rings is 1. The maximum Gasteiger partial charge on any atom is 0.227 e. The second-order valence-corrected chi connectivity index (χ2v) is 4.42. The van der Waals surface area contributed by atoms with Crippen molar-refractivity contribution in [3.8, 4) is 0 Å². The number of hydrogen-bond acceptors (Lipinski definition) is 4. The van der Waals surface area contributed by atoms with E-state index in [4.69, 9.17) is 4.74 Å². The number of carbonyl (C=O) groups excluding carboxylic acids is 1.